The Kier molecular flexibility index (Phi) is 7.95. The maximum Gasteiger partial charge on any atom is 0.417 e. The van der Waals surface area contributed by atoms with Crippen molar-refractivity contribution in [3.05, 3.63) is 65.7 Å². The number of pyridine rings is 1. The van der Waals surface area contributed by atoms with Gasteiger partial charge in [0.2, 0.25) is 0 Å². The highest BCUT2D eigenvalue weighted by molar-refractivity contribution is 5.85. The van der Waals surface area contributed by atoms with Gasteiger partial charge in [0.15, 0.2) is 5.82 Å². The quantitative estimate of drug-likeness (QED) is 0.400. The molecule has 2 aromatic heterocycles. The third-order valence-corrected chi connectivity index (χ3v) is 6.94. The Morgan fingerprint density at radius 1 is 1.03 bits per heavy atom. The number of fused-ring (bicyclic) bond motifs is 1. The molecule has 1 aromatic carbocycles. The predicted molar refractivity (Wildman–Crippen MR) is 129 cm³/mol. The third kappa shape index (κ3) is 5.09. The number of likely N-dealkylation sites (tertiary alicyclic amines) is 1. The smallest absolute Gasteiger partial charge is 0.314 e. The average molecular weight is 514 g/mol. The van der Waals surface area contributed by atoms with Crippen molar-refractivity contribution in [2.24, 2.45) is 13.0 Å². The number of halogens is 5. The van der Waals surface area contributed by atoms with Crippen LogP contribution < -0.4 is 0 Å². The largest absolute Gasteiger partial charge is 0.417 e. The summed E-state index contributed by atoms with van der Waals surface area (Å²) in [6, 6.07) is 12.8. The van der Waals surface area contributed by atoms with E-state index in [1.807, 2.05) is 37.4 Å². The second-order valence-corrected chi connectivity index (χ2v) is 9.04. The van der Waals surface area contributed by atoms with Crippen LogP contribution in [0.5, 0.6) is 0 Å². The molecule has 1 saturated carbocycles. The zero-order valence-electron chi connectivity index (χ0n) is 18.8. The van der Waals surface area contributed by atoms with E-state index in [9.17, 15) is 13.2 Å². The Hall–Kier alpha value is -2.16. The Morgan fingerprint density at radius 3 is 2.47 bits per heavy atom. The highest BCUT2D eigenvalue weighted by atomic mass is 35.5. The van der Waals surface area contributed by atoms with Gasteiger partial charge in [-0.25, -0.2) is 0 Å². The van der Waals surface area contributed by atoms with Crippen molar-refractivity contribution in [3.63, 3.8) is 0 Å². The van der Waals surface area contributed by atoms with E-state index in [2.05, 4.69) is 24.6 Å². The fourth-order valence-electron chi connectivity index (χ4n) is 5.05. The number of aryl methyl sites for hydroxylation is 1. The average Bonchev–Trinajstić information content (AvgIpc) is 3.16. The Balaban J connectivity index is 0.00000162. The molecule has 3 heterocycles. The predicted octanol–water partition coefficient (Wildman–Crippen LogP) is 5.34. The van der Waals surface area contributed by atoms with Crippen LogP contribution in [0, 0.1) is 5.92 Å². The molecule has 0 bridgehead atoms. The number of hydrogen-bond acceptors (Lipinski definition) is 4. The highest BCUT2D eigenvalue weighted by Gasteiger charge is 2.61. The summed E-state index contributed by atoms with van der Waals surface area (Å²) in [6.45, 7) is 2.88. The molecular formula is C24H28Cl2F3N5. The second kappa shape index (κ2) is 10.2. The van der Waals surface area contributed by atoms with Crippen molar-refractivity contribution in [2.75, 3.05) is 19.6 Å². The molecule has 5 rings (SSSR count). The molecule has 1 aliphatic carbocycles. The molecular weight excluding hydrogens is 486 g/mol. The van der Waals surface area contributed by atoms with Gasteiger partial charge in [-0.05, 0) is 43.9 Å². The Labute approximate surface area is 209 Å². The highest BCUT2D eigenvalue weighted by Crippen LogP contribution is 2.58. The van der Waals surface area contributed by atoms with Crippen molar-refractivity contribution >= 4 is 24.8 Å². The van der Waals surface area contributed by atoms with E-state index in [-0.39, 0.29) is 30.2 Å². The number of unbranched alkanes of at least 4 members (excludes halogenated alkanes) is 1. The minimum Gasteiger partial charge on any atom is -0.314 e. The number of alkyl halides is 3. The van der Waals surface area contributed by atoms with Crippen molar-refractivity contribution in [2.45, 2.75) is 37.3 Å². The van der Waals surface area contributed by atoms with Crippen molar-refractivity contribution in [1.82, 2.24) is 24.6 Å². The summed E-state index contributed by atoms with van der Waals surface area (Å²) < 4.78 is 40.5. The minimum atomic E-state index is -4.33. The molecule has 184 valence electrons. The minimum absolute atomic E-state index is 0. The van der Waals surface area contributed by atoms with Crippen LogP contribution in [0.4, 0.5) is 13.2 Å². The lowest BCUT2D eigenvalue weighted by molar-refractivity contribution is -0.137. The van der Waals surface area contributed by atoms with Crippen molar-refractivity contribution < 1.29 is 13.2 Å². The maximum absolute atomic E-state index is 12.8. The van der Waals surface area contributed by atoms with Crippen LogP contribution in [0.2, 0.25) is 0 Å². The molecule has 34 heavy (non-hydrogen) atoms. The van der Waals surface area contributed by atoms with Crippen LogP contribution in [0.15, 0.2) is 48.7 Å². The monoisotopic (exact) mass is 513 g/mol. The lowest BCUT2D eigenvalue weighted by atomic mass is 10.00. The van der Waals surface area contributed by atoms with Gasteiger partial charge >= 0.3 is 6.18 Å². The first-order valence-corrected chi connectivity index (χ1v) is 11.1. The van der Waals surface area contributed by atoms with Gasteiger partial charge in [0, 0.05) is 49.4 Å². The summed E-state index contributed by atoms with van der Waals surface area (Å²) in [5, 5.41) is 8.71. The molecule has 10 heteroatoms. The molecule has 0 N–H and O–H groups in total. The molecule has 1 saturated heterocycles. The van der Waals surface area contributed by atoms with Crippen LogP contribution >= 0.6 is 24.8 Å². The summed E-state index contributed by atoms with van der Waals surface area (Å²) in [5.41, 5.74) is 1.15. The molecule has 0 unspecified atom stereocenters. The van der Waals surface area contributed by atoms with E-state index in [1.54, 1.807) is 6.07 Å². The van der Waals surface area contributed by atoms with E-state index in [4.69, 9.17) is 0 Å². The topological polar surface area (TPSA) is 46.8 Å². The molecule has 0 spiro atoms. The molecule has 1 aliphatic heterocycles. The fourth-order valence-corrected chi connectivity index (χ4v) is 5.05. The number of benzene rings is 1. The SMILES string of the molecule is Cl.Cl.Cn1c(CCCCN2C[C@H]3C[C@@]3(c3ccc(C(F)(F)F)cn3)C2)nnc1-c1ccccc1. The molecule has 2 atom stereocenters. The van der Waals surface area contributed by atoms with Crippen LogP contribution in [0.3, 0.4) is 0 Å². The van der Waals surface area contributed by atoms with E-state index in [0.29, 0.717) is 5.92 Å². The van der Waals surface area contributed by atoms with Gasteiger partial charge in [-0.1, -0.05) is 30.3 Å². The number of rotatable bonds is 7. The first kappa shape index (κ1) is 26.4. The lowest BCUT2D eigenvalue weighted by Gasteiger charge is -2.20. The van der Waals surface area contributed by atoms with E-state index in [0.717, 1.165) is 74.4 Å². The lowest BCUT2D eigenvalue weighted by Crippen LogP contribution is -2.28. The summed E-state index contributed by atoms with van der Waals surface area (Å²) in [4.78, 5) is 6.61. The van der Waals surface area contributed by atoms with E-state index in [1.165, 1.54) is 6.07 Å². The van der Waals surface area contributed by atoms with Gasteiger partial charge in [-0.2, -0.15) is 13.2 Å². The van der Waals surface area contributed by atoms with Gasteiger partial charge in [-0.15, -0.1) is 35.0 Å². The molecule has 5 nitrogen and oxygen atoms in total. The summed E-state index contributed by atoms with van der Waals surface area (Å²) >= 11 is 0. The summed E-state index contributed by atoms with van der Waals surface area (Å²) in [6.07, 6.45) is 0.623. The normalized spacial score (nSPS) is 21.5. The van der Waals surface area contributed by atoms with E-state index < -0.39 is 11.7 Å². The second-order valence-electron chi connectivity index (χ2n) is 9.04. The zero-order chi connectivity index (χ0) is 22.3. The van der Waals surface area contributed by atoms with Crippen LogP contribution in [0.1, 0.15) is 36.3 Å². The zero-order valence-corrected chi connectivity index (χ0v) is 20.5. The van der Waals surface area contributed by atoms with Crippen LogP contribution in [-0.2, 0) is 25.1 Å². The fraction of sp³-hybridized carbons (Fsp3) is 0.458. The number of aromatic nitrogens is 4. The van der Waals surface area contributed by atoms with Crippen molar-refractivity contribution in [1.29, 1.82) is 0 Å². The van der Waals surface area contributed by atoms with Crippen LogP contribution in [-0.4, -0.2) is 44.3 Å². The van der Waals surface area contributed by atoms with Crippen LogP contribution in [0.25, 0.3) is 11.4 Å². The van der Waals surface area contributed by atoms with Gasteiger partial charge < -0.3 is 9.47 Å². The molecule has 3 aromatic rings. The number of nitrogens with zero attached hydrogens (tertiary/aromatic N) is 5. The van der Waals surface area contributed by atoms with Gasteiger partial charge in [-0.3, -0.25) is 4.98 Å². The molecule has 2 fully saturated rings. The first-order chi connectivity index (χ1) is 15.4. The summed E-state index contributed by atoms with van der Waals surface area (Å²) in [7, 11) is 2.01. The summed E-state index contributed by atoms with van der Waals surface area (Å²) in [5.74, 6) is 2.38. The van der Waals surface area contributed by atoms with Gasteiger partial charge in [0.25, 0.3) is 0 Å². The number of piperidine rings is 1. The Bertz CT molecular complexity index is 1090. The molecule has 0 amide bonds. The first-order valence-electron chi connectivity index (χ1n) is 11.1. The molecule has 2 aliphatic rings. The third-order valence-electron chi connectivity index (χ3n) is 6.94. The van der Waals surface area contributed by atoms with Crippen molar-refractivity contribution in [3.8, 4) is 11.4 Å². The van der Waals surface area contributed by atoms with Gasteiger partial charge in [0.05, 0.1) is 5.56 Å². The molecule has 0 radical (unpaired) electrons. The Morgan fingerprint density at radius 2 is 1.79 bits per heavy atom. The van der Waals surface area contributed by atoms with Gasteiger partial charge in [0.1, 0.15) is 5.82 Å². The number of hydrogen-bond donors (Lipinski definition) is 0. The standard InChI is InChI=1S/C24H26F3N5.2ClH/c1-31-21(29-30-22(31)17-7-3-2-4-8-17)9-5-6-12-32-15-19-13-23(19,16-32)20-11-10-18(14-28-20)24(25,26)27;;/h2-4,7-8,10-11,14,19H,5-6,9,12-13,15-16H2,1H3;2*1H/t19-,23-;;/m1../s1. The maximum atomic E-state index is 12.8. The van der Waals surface area contributed by atoms with E-state index >= 15 is 0 Å².